The van der Waals surface area contributed by atoms with E-state index in [2.05, 4.69) is 10.6 Å². The van der Waals surface area contributed by atoms with E-state index in [1.165, 1.54) is 0 Å². The zero-order chi connectivity index (χ0) is 14.0. The molecule has 0 aromatic heterocycles. The fraction of sp³-hybridized carbons (Fsp3) is 0.562. The van der Waals surface area contributed by atoms with Crippen LogP contribution in [0.15, 0.2) is 24.3 Å². The summed E-state index contributed by atoms with van der Waals surface area (Å²) < 4.78 is 0. The summed E-state index contributed by atoms with van der Waals surface area (Å²) in [6.45, 7) is 2.82. The van der Waals surface area contributed by atoms with Gasteiger partial charge in [-0.1, -0.05) is 36.6 Å². The first-order valence-electron chi connectivity index (χ1n) is 7.46. The SMILES string of the molecule is Cl.O=C(NCC1CNC1)C1(c2cccc(Cl)c2)CCCC1. The molecule has 5 heteroatoms. The average molecular weight is 329 g/mol. The Balaban J connectivity index is 0.00000161. The zero-order valence-corrected chi connectivity index (χ0v) is 13.6. The van der Waals surface area contributed by atoms with Crippen LogP contribution in [0.3, 0.4) is 0 Å². The number of carbonyl (C=O) groups excluding carboxylic acids is 1. The molecule has 0 bridgehead atoms. The maximum Gasteiger partial charge on any atom is 0.230 e. The first-order valence-corrected chi connectivity index (χ1v) is 7.83. The summed E-state index contributed by atoms with van der Waals surface area (Å²) in [7, 11) is 0. The maximum atomic E-state index is 12.7. The van der Waals surface area contributed by atoms with Crippen molar-refractivity contribution in [2.75, 3.05) is 19.6 Å². The van der Waals surface area contributed by atoms with Crippen molar-refractivity contribution in [2.45, 2.75) is 31.1 Å². The van der Waals surface area contributed by atoms with E-state index in [1.807, 2.05) is 24.3 Å². The average Bonchev–Trinajstić information content (AvgIpc) is 2.87. The van der Waals surface area contributed by atoms with Gasteiger partial charge in [-0.25, -0.2) is 0 Å². The summed E-state index contributed by atoms with van der Waals surface area (Å²) in [6.07, 6.45) is 4.10. The van der Waals surface area contributed by atoms with E-state index in [4.69, 9.17) is 11.6 Å². The molecular weight excluding hydrogens is 307 g/mol. The molecule has 2 N–H and O–H groups in total. The third-order valence-electron chi connectivity index (χ3n) is 4.69. The molecule has 0 unspecified atom stereocenters. The third-order valence-corrected chi connectivity index (χ3v) is 4.92. The lowest BCUT2D eigenvalue weighted by Crippen LogP contribution is -2.51. The molecule has 0 spiro atoms. The van der Waals surface area contributed by atoms with Crippen molar-refractivity contribution >= 4 is 29.9 Å². The Morgan fingerprint density at radius 3 is 2.62 bits per heavy atom. The van der Waals surface area contributed by atoms with Crippen LogP contribution < -0.4 is 10.6 Å². The predicted octanol–water partition coefficient (Wildman–Crippen LogP) is 2.91. The van der Waals surface area contributed by atoms with E-state index in [0.29, 0.717) is 10.9 Å². The highest BCUT2D eigenvalue weighted by Gasteiger charge is 2.42. The van der Waals surface area contributed by atoms with Crippen LogP contribution in [0, 0.1) is 5.92 Å². The lowest BCUT2D eigenvalue weighted by atomic mass is 9.78. The van der Waals surface area contributed by atoms with Crippen molar-refractivity contribution in [3.8, 4) is 0 Å². The number of rotatable bonds is 4. The van der Waals surface area contributed by atoms with Gasteiger partial charge in [-0.05, 0) is 30.5 Å². The summed E-state index contributed by atoms with van der Waals surface area (Å²) in [5.41, 5.74) is 0.717. The van der Waals surface area contributed by atoms with Gasteiger partial charge in [0.05, 0.1) is 5.41 Å². The maximum absolute atomic E-state index is 12.7. The van der Waals surface area contributed by atoms with Gasteiger partial charge >= 0.3 is 0 Å². The first kappa shape index (κ1) is 16.6. The van der Waals surface area contributed by atoms with E-state index in [-0.39, 0.29) is 23.7 Å². The van der Waals surface area contributed by atoms with Gasteiger partial charge in [-0.3, -0.25) is 4.79 Å². The van der Waals surface area contributed by atoms with Gasteiger partial charge in [-0.2, -0.15) is 0 Å². The Kier molecular flexibility index (Phi) is 5.53. The highest BCUT2D eigenvalue weighted by Crippen LogP contribution is 2.42. The lowest BCUT2D eigenvalue weighted by molar-refractivity contribution is -0.126. The molecule has 2 fully saturated rings. The quantitative estimate of drug-likeness (QED) is 0.892. The Morgan fingerprint density at radius 1 is 1.33 bits per heavy atom. The summed E-state index contributed by atoms with van der Waals surface area (Å²) in [4.78, 5) is 12.7. The van der Waals surface area contributed by atoms with Crippen molar-refractivity contribution < 1.29 is 4.79 Å². The van der Waals surface area contributed by atoms with E-state index < -0.39 is 0 Å². The fourth-order valence-corrected chi connectivity index (χ4v) is 3.50. The molecule has 3 rings (SSSR count). The molecule has 3 nitrogen and oxygen atoms in total. The number of hydrogen-bond acceptors (Lipinski definition) is 2. The number of hydrogen-bond donors (Lipinski definition) is 2. The van der Waals surface area contributed by atoms with Crippen LogP contribution in [0.1, 0.15) is 31.2 Å². The summed E-state index contributed by atoms with van der Waals surface area (Å²) in [5.74, 6) is 0.779. The molecule has 1 aliphatic carbocycles. The van der Waals surface area contributed by atoms with Crippen LogP contribution in [0.4, 0.5) is 0 Å². The molecule has 1 aliphatic heterocycles. The standard InChI is InChI=1S/C16H21ClN2O.ClH/c17-14-5-3-4-13(8-14)16(6-1-2-7-16)15(20)19-11-12-9-18-10-12;/h3-5,8,12,18H,1-2,6-7,9-11H2,(H,19,20);1H. The molecule has 0 atom stereocenters. The Bertz CT molecular complexity index is 497. The molecular formula is C16H22Cl2N2O. The predicted molar refractivity (Wildman–Crippen MR) is 88.2 cm³/mol. The normalized spacial score (nSPS) is 20.4. The van der Waals surface area contributed by atoms with Gasteiger partial charge in [0, 0.05) is 30.6 Å². The highest BCUT2D eigenvalue weighted by molar-refractivity contribution is 6.30. The van der Waals surface area contributed by atoms with E-state index in [0.717, 1.165) is 50.9 Å². The molecule has 116 valence electrons. The Hall–Kier alpha value is -0.770. The number of nitrogens with one attached hydrogen (secondary N) is 2. The molecule has 1 saturated carbocycles. The van der Waals surface area contributed by atoms with Crippen molar-refractivity contribution in [2.24, 2.45) is 5.92 Å². The van der Waals surface area contributed by atoms with Crippen LogP contribution in [0.25, 0.3) is 0 Å². The molecule has 1 amide bonds. The molecule has 1 saturated heterocycles. The first-order chi connectivity index (χ1) is 9.71. The molecule has 2 aliphatic rings. The van der Waals surface area contributed by atoms with Crippen molar-refractivity contribution in [1.82, 2.24) is 10.6 Å². The monoisotopic (exact) mass is 328 g/mol. The van der Waals surface area contributed by atoms with Gasteiger partial charge in [0.2, 0.25) is 5.91 Å². The molecule has 1 heterocycles. The van der Waals surface area contributed by atoms with Crippen LogP contribution in [0.5, 0.6) is 0 Å². The number of amides is 1. The van der Waals surface area contributed by atoms with Gasteiger partial charge in [0.15, 0.2) is 0 Å². The topological polar surface area (TPSA) is 41.1 Å². The van der Waals surface area contributed by atoms with Crippen LogP contribution in [0.2, 0.25) is 5.02 Å². The van der Waals surface area contributed by atoms with Gasteiger partial charge in [0.25, 0.3) is 0 Å². The lowest BCUT2D eigenvalue weighted by Gasteiger charge is -2.32. The Morgan fingerprint density at radius 2 is 2.05 bits per heavy atom. The van der Waals surface area contributed by atoms with E-state index in [9.17, 15) is 4.79 Å². The van der Waals surface area contributed by atoms with Crippen molar-refractivity contribution in [3.05, 3.63) is 34.9 Å². The second-order valence-corrected chi connectivity index (χ2v) is 6.47. The molecule has 21 heavy (non-hydrogen) atoms. The summed E-state index contributed by atoms with van der Waals surface area (Å²) in [6, 6.07) is 7.81. The molecule has 1 aromatic rings. The second kappa shape index (κ2) is 6.99. The highest BCUT2D eigenvalue weighted by atomic mass is 35.5. The van der Waals surface area contributed by atoms with Crippen LogP contribution in [-0.2, 0) is 10.2 Å². The van der Waals surface area contributed by atoms with Crippen molar-refractivity contribution in [3.63, 3.8) is 0 Å². The van der Waals surface area contributed by atoms with Crippen LogP contribution >= 0.6 is 24.0 Å². The van der Waals surface area contributed by atoms with Gasteiger partial charge < -0.3 is 10.6 Å². The minimum Gasteiger partial charge on any atom is -0.355 e. The van der Waals surface area contributed by atoms with Crippen LogP contribution in [-0.4, -0.2) is 25.5 Å². The van der Waals surface area contributed by atoms with Crippen molar-refractivity contribution in [1.29, 1.82) is 0 Å². The van der Waals surface area contributed by atoms with E-state index in [1.54, 1.807) is 0 Å². The second-order valence-electron chi connectivity index (χ2n) is 6.03. The summed E-state index contributed by atoms with van der Waals surface area (Å²) in [5, 5.41) is 7.11. The number of carbonyl (C=O) groups is 1. The molecule has 1 aromatic carbocycles. The van der Waals surface area contributed by atoms with E-state index >= 15 is 0 Å². The third kappa shape index (κ3) is 3.36. The minimum absolute atomic E-state index is 0. The fourth-order valence-electron chi connectivity index (χ4n) is 3.31. The number of halogens is 2. The summed E-state index contributed by atoms with van der Waals surface area (Å²) >= 11 is 6.11. The van der Waals surface area contributed by atoms with Gasteiger partial charge in [-0.15, -0.1) is 12.4 Å². The minimum atomic E-state index is -0.359. The largest absolute Gasteiger partial charge is 0.355 e. The Labute approximate surface area is 137 Å². The van der Waals surface area contributed by atoms with Gasteiger partial charge in [0.1, 0.15) is 0 Å². The zero-order valence-electron chi connectivity index (χ0n) is 12.0. The number of benzene rings is 1. The smallest absolute Gasteiger partial charge is 0.230 e. The molecule has 0 radical (unpaired) electrons.